The first kappa shape index (κ1) is 12.3. The van der Waals surface area contributed by atoms with Crippen molar-refractivity contribution in [1.29, 1.82) is 0 Å². The first-order valence-corrected chi connectivity index (χ1v) is 7.41. The van der Waals surface area contributed by atoms with E-state index in [0.29, 0.717) is 12.0 Å². The van der Waals surface area contributed by atoms with Crippen LogP contribution >= 0.6 is 22.9 Å². The Morgan fingerprint density at radius 2 is 2.31 bits per heavy atom. The topological polar surface area (TPSA) is 24.9 Å². The highest BCUT2D eigenvalue weighted by Gasteiger charge is 2.23. The number of nitrogens with zero attached hydrogens (tertiary/aromatic N) is 1. The summed E-state index contributed by atoms with van der Waals surface area (Å²) in [4.78, 5) is 4.47. The molecule has 1 fully saturated rings. The van der Waals surface area contributed by atoms with Gasteiger partial charge in [0, 0.05) is 29.5 Å². The van der Waals surface area contributed by atoms with Crippen LogP contribution in [0.2, 0.25) is 0 Å². The molecule has 1 heterocycles. The summed E-state index contributed by atoms with van der Waals surface area (Å²) >= 11 is 7.75. The quantitative estimate of drug-likeness (QED) is 0.838. The maximum Gasteiger partial charge on any atom is 0.107 e. The van der Waals surface area contributed by atoms with Crippen LogP contribution in [0.3, 0.4) is 0 Å². The molecular weight excluding hydrogens is 240 g/mol. The first-order valence-electron chi connectivity index (χ1n) is 6.00. The number of nitrogens with one attached hydrogen (secondary N) is 1. The third-order valence-corrected chi connectivity index (χ3v) is 4.65. The van der Waals surface area contributed by atoms with Crippen LogP contribution in [0.1, 0.15) is 36.4 Å². The molecule has 0 saturated heterocycles. The summed E-state index contributed by atoms with van der Waals surface area (Å²) in [6.07, 6.45) is 5.22. The van der Waals surface area contributed by atoms with Gasteiger partial charge in [0.1, 0.15) is 5.01 Å². The number of thiazole rings is 1. The van der Waals surface area contributed by atoms with Crippen molar-refractivity contribution in [3.63, 3.8) is 0 Å². The second-order valence-corrected chi connectivity index (χ2v) is 5.82. The molecule has 2 rings (SSSR count). The van der Waals surface area contributed by atoms with E-state index in [9.17, 15) is 0 Å². The summed E-state index contributed by atoms with van der Waals surface area (Å²) in [5.41, 5.74) is 1.12. The summed E-state index contributed by atoms with van der Waals surface area (Å²) in [6.45, 7) is 2.94. The number of halogens is 1. The van der Waals surface area contributed by atoms with Gasteiger partial charge in [-0.1, -0.05) is 12.8 Å². The van der Waals surface area contributed by atoms with Crippen LogP contribution in [0.25, 0.3) is 0 Å². The zero-order valence-electron chi connectivity index (χ0n) is 9.71. The summed E-state index contributed by atoms with van der Waals surface area (Å²) < 4.78 is 0. The largest absolute Gasteiger partial charge is 0.307 e. The molecule has 0 radical (unpaired) electrons. The fourth-order valence-corrected chi connectivity index (χ4v) is 3.46. The molecule has 16 heavy (non-hydrogen) atoms. The van der Waals surface area contributed by atoms with Crippen molar-refractivity contribution in [2.75, 3.05) is 5.88 Å². The molecule has 2 nitrogen and oxygen atoms in total. The molecule has 0 amide bonds. The van der Waals surface area contributed by atoms with E-state index in [2.05, 4.69) is 15.7 Å². The fraction of sp³-hybridized carbons (Fsp3) is 0.750. The van der Waals surface area contributed by atoms with Gasteiger partial charge in [0.2, 0.25) is 0 Å². The number of aryl methyl sites for hydroxylation is 1. The van der Waals surface area contributed by atoms with Gasteiger partial charge in [-0.2, -0.15) is 0 Å². The van der Waals surface area contributed by atoms with E-state index in [4.69, 9.17) is 11.6 Å². The Morgan fingerprint density at radius 1 is 1.50 bits per heavy atom. The van der Waals surface area contributed by atoms with Crippen molar-refractivity contribution < 1.29 is 0 Å². The first-order chi connectivity index (χ1) is 7.79. The molecule has 0 bridgehead atoms. The van der Waals surface area contributed by atoms with Gasteiger partial charge in [0.15, 0.2) is 0 Å². The van der Waals surface area contributed by atoms with Gasteiger partial charge in [-0.15, -0.1) is 22.9 Å². The molecule has 1 aromatic heterocycles. The maximum atomic E-state index is 6.01. The third kappa shape index (κ3) is 3.19. The lowest BCUT2D eigenvalue weighted by Crippen LogP contribution is -2.38. The molecule has 1 saturated carbocycles. The van der Waals surface area contributed by atoms with Crippen LogP contribution in [0.4, 0.5) is 0 Å². The number of hydrogen-bond donors (Lipinski definition) is 1. The van der Waals surface area contributed by atoms with Gasteiger partial charge in [0.05, 0.1) is 0 Å². The van der Waals surface area contributed by atoms with Crippen LogP contribution in [0, 0.1) is 12.8 Å². The molecule has 1 aliphatic rings. The van der Waals surface area contributed by atoms with Crippen molar-refractivity contribution in [3.8, 4) is 0 Å². The zero-order valence-corrected chi connectivity index (χ0v) is 11.3. The number of hydrogen-bond acceptors (Lipinski definition) is 3. The number of aromatic nitrogens is 1. The zero-order chi connectivity index (χ0) is 11.4. The van der Waals surface area contributed by atoms with Gasteiger partial charge in [-0.05, 0) is 25.7 Å². The normalized spacial score (nSPS) is 25.9. The van der Waals surface area contributed by atoms with E-state index in [1.807, 2.05) is 6.92 Å². The molecule has 2 unspecified atom stereocenters. The van der Waals surface area contributed by atoms with E-state index >= 15 is 0 Å². The Hall–Kier alpha value is -0.120. The molecule has 0 spiro atoms. The van der Waals surface area contributed by atoms with Crippen LogP contribution in [-0.2, 0) is 6.54 Å². The SMILES string of the molecule is Cc1csc(CNC2CCCCC2CCl)n1. The van der Waals surface area contributed by atoms with Crippen LogP contribution in [0.5, 0.6) is 0 Å². The summed E-state index contributed by atoms with van der Waals surface area (Å²) in [7, 11) is 0. The average Bonchev–Trinajstić information content (AvgIpc) is 2.73. The third-order valence-electron chi connectivity index (χ3n) is 3.29. The Morgan fingerprint density at radius 3 is 3.00 bits per heavy atom. The van der Waals surface area contributed by atoms with Crippen LogP contribution < -0.4 is 5.32 Å². The van der Waals surface area contributed by atoms with E-state index in [-0.39, 0.29) is 0 Å². The second-order valence-electron chi connectivity index (χ2n) is 4.57. The lowest BCUT2D eigenvalue weighted by molar-refractivity contribution is 0.282. The van der Waals surface area contributed by atoms with E-state index < -0.39 is 0 Å². The van der Waals surface area contributed by atoms with E-state index in [1.165, 1.54) is 30.7 Å². The lowest BCUT2D eigenvalue weighted by atomic mass is 9.86. The average molecular weight is 259 g/mol. The highest BCUT2D eigenvalue weighted by atomic mass is 35.5. The Balaban J connectivity index is 1.84. The molecule has 1 aromatic rings. The van der Waals surface area contributed by atoms with Gasteiger partial charge < -0.3 is 5.32 Å². The summed E-state index contributed by atoms with van der Waals surface area (Å²) in [5, 5.41) is 6.91. The van der Waals surface area contributed by atoms with Gasteiger partial charge in [0.25, 0.3) is 0 Å². The standard InChI is InChI=1S/C12H19ClN2S/c1-9-8-16-12(15-9)7-14-11-5-3-2-4-10(11)6-13/h8,10-11,14H,2-7H2,1H3. The van der Waals surface area contributed by atoms with Crippen molar-refractivity contribution in [1.82, 2.24) is 10.3 Å². The fourth-order valence-electron chi connectivity index (χ4n) is 2.36. The molecule has 4 heteroatoms. The monoisotopic (exact) mass is 258 g/mol. The number of rotatable bonds is 4. The van der Waals surface area contributed by atoms with Crippen LogP contribution in [-0.4, -0.2) is 16.9 Å². The Kier molecular flexibility index (Phi) is 4.62. The predicted octanol–water partition coefficient (Wildman–Crippen LogP) is 3.34. The van der Waals surface area contributed by atoms with Gasteiger partial charge >= 0.3 is 0 Å². The smallest absolute Gasteiger partial charge is 0.107 e. The molecule has 2 atom stereocenters. The molecule has 0 aromatic carbocycles. The molecular formula is C12H19ClN2S. The minimum atomic E-state index is 0.593. The minimum Gasteiger partial charge on any atom is -0.307 e. The highest BCUT2D eigenvalue weighted by Crippen LogP contribution is 2.25. The Labute approximate surface area is 106 Å². The van der Waals surface area contributed by atoms with Crippen LogP contribution in [0.15, 0.2) is 5.38 Å². The van der Waals surface area contributed by atoms with Crippen molar-refractivity contribution in [3.05, 3.63) is 16.1 Å². The molecule has 0 aliphatic heterocycles. The maximum absolute atomic E-state index is 6.01. The van der Waals surface area contributed by atoms with Gasteiger partial charge in [-0.25, -0.2) is 4.98 Å². The second kappa shape index (κ2) is 5.99. The van der Waals surface area contributed by atoms with Crippen molar-refractivity contribution in [2.24, 2.45) is 5.92 Å². The highest BCUT2D eigenvalue weighted by molar-refractivity contribution is 7.09. The minimum absolute atomic E-state index is 0.593. The van der Waals surface area contributed by atoms with Crippen molar-refractivity contribution >= 4 is 22.9 Å². The van der Waals surface area contributed by atoms with E-state index in [0.717, 1.165) is 18.1 Å². The lowest BCUT2D eigenvalue weighted by Gasteiger charge is -2.30. The summed E-state index contributed by atoms with van der Waals surface area (Å²) in [5.74, 6) is 1.44. The molecule has 1 N–H and O–H groups in total. The molecule has 90 valence electrons. The van der Waals surface area contributed by atoms with E-state index in [1.54, 1.807) is 11.3 Å². The summed E-state index contributed by atoms with van der Waals surface area (Å²) in [6, 6.07) is 0.593. The molecule has 1 aliphatic carbocycles. The van der Waals surface area contributed by atoms with Crippen molar-refractivity contribution in [2.45, 2.75) is 45.2 Å². The Bertz CT molecular complexity index is 327. The predicted molar refractivity (Wildman–Crippen MR) is 70.2 cm³/mol. The van der Waals surface area contributed by atoms with Gasteiger partial charge in [-0.3, -0.25) is 0 Å². The number of alkyl halides is 1.